The molecule has 2 aliphatic rings. The van der Waals surface area contributed by atoms with Crippen molar-refractivity contribution in [3.05, 3.63) is 81.8 Å². The number of anilines is 2. The van der Waals surface area contributed by atoms with Crippen molar-refractivity contribution < 1.29 is 21.2 Å². The predicted octanol–water partition coefficient (Wildman–Crippen LogP) is 1.73. The number of allylic oxidation sites excluding steroid dienone is 8. The summed E-state index contributed by atoms with van der Waals surface area (Å²) in [4.78, 5) is 8.00. The Hall–Kier alpha value is -3.13. The first-order valence-corrected chi connectivity index (χ1v) is 12.4. The summed E-state index contributed by atoms with van der Waals surface area (Å²) in [6.07, 6.45) is 11.6. The number of hydrogen-bond acceptors (Lipinski definition) is 8. The van der Waals surface area contributed by atoms with Crippen molar-refractivity contribution in [3.8, 4) is 0 Å². The second-order valence-electron chi connectivity index (χ2n) is 6.77. The quantitative estimate of drug-likeness (QED) is 0.460. The van der Waals surface area contributed by atoms with Crippen molar-refractivity contribution in [1.29, 1.82) is 0 Å². The smallest absolute Gasteiger partial charge is 0.233 e. The molecule has 5 N–H and O–H groups in total. The van der Waals surface area contributed by atoms with E-state index in [0.29, 0.717) is 35.4 Å². The number of nitrogens with two attached hydrogens (primary N) is 1. The maximum atomic E-state index is 14.2. The molecule has 13 heteroatoms. The van der Waals surface area contributed by atoms with Gasteiger partial charge >= 0.3 is 0 Å². The van der Waals surface area contributed by atoms with Crippen LogP contribution < -0.4 is 20.5 Å². The monoisotopic (exact) mass is 480 g/mol. The molecule has 32 heavy (non-hydrogen) atoms. The van der Waals surface area contributed by atoms with Gasteiger partial charge in [-0.2, -0.15) is 4.98 Å². The van der Waals surface area contributed by atoms with Crippen LogP contribution in [0, 0.1) is 5.82 Å². The molecule has 2 aliphatic carbocycles. The zero-order chi connectivity index (χ0) is 23.4. The second-order valence-corrected chi connectivity index (χ2v) is 9.91. The number of primary sulfonamides is 1. The molecule has 0 aromatic carbocycles. The fourth-order valence-electron chi connectivity index (χ4n) is 2.78. The van der Waals surface area contributed by atoms with Crippen LogP contribution in [0.25, 0.3) is 0 Å². The highest BCUT2D eigenvalue weighted by atomic mass is 32.2. The molecule has 0 amide bonds. The molecule has 10 nitrogen and oxygen atoms in total. The van der Waals surface area contributed by atoms with Crippen LogP contribution in [-0.4, -0.2) is 33.9 Å². The van der Waals surface area contributed by atoms with E-state index in [-0.39, 0.29) is 11.8 Å². The average molecular weight is 481 g/mol. The third-order valence-electron chi connectivity index (χ3n) is 4.20. The van der Waals surface area contributed by atoms with Crippen LogP contribution in [-0.2, 0) is 20.0 Å². The molecule has 0 spiro atoms. The van der Waals surface area contributed by atoms with Crippen LogP contribution in [0.1, 0.15) is 12.8 Å². The molecule has 0 aliphatic heterocycles. The first kappa shape index (κ1) is 23.5. The number of sulfonamides is 2. The summed E-state index contributed by atoms with van der Waals surface area (Å²) < 4.78 is 62.1. The van der Waals surface area contributed by atoms with E-state index in [1.807, 2.05) is 0 Å². The van der Waals surface area contributed by atoms with E-state index in [9.17, 15) is 21.2 Å². The van der Waals surface area contributed by atoms with Gasteiger partial charge in [-0.15, -0.1) is 0 Å². The third-order valence-corrected chi connectivity index (χ3v) is 6.01. The molecule has 0 unspecified atom stereocenters. The van der Waals surface area contributed by atoms with Crippen molar-refractivity contribution in [1.82, 2.24) is 14.7 Å². The topological polar surface area (TPSA) is 156 Å². The predicted molar refractivity (Wildman–Crippen MR) is 120 cm³/mol. The number of halogens is 1. The first-order valence-electron chi connectivity index (χ1n) is 9.23. The minimum atomic E-state index is -3.78. The molecule has 3 rings (SSSR count). The summed E-state index contributed by atoms with van der Waals surface area (Å²) >= 11 is 0. The molecule has 1 aromatic heterocycles. The van der Waals surface area contributed by atoms with Crippen LogP contribution in [0.2, 0.25) is 0 Å². The summed E-state index contributed by atoms with van der Waals surface area (Å²) in [6.45, 7) is 0. The summed E-state index contributed by atoms with van der Waals surface area (Å²) in [6, 6.07) is 0. The third kappa shape index (κ3) is 6.95. The van der Waals surface area contributed by atoms with Gasteiger partial charge in [0.1, 0.15) is 0 Å². The second kappa shape index (κ2) is 9.56. The van der Waals surface area contributed by atoms with E-state index in [0.717, 1.165) is 17.0 Å². The van der Waals surface area contributed by atoms with Crippen molar-refractivity contribution in [2.45, 2.75) is 12.8 Å². The van der Waals surface area contributed by atoms with Crippen LogP contribution in [0.3, 0.4) is 0 Å². The Morgan fingerprint density at radius 1 is 1.03 bits per heavy atom. The molecule has 170 valence electrons. The Bertz CT molecular complexity index is 1310. The van der Waals surface area contributed by atoms with Crippen LogP contribution in [0.5, 0.6) is 0 Å². The van der Waals surface area contributed by atoms with Crippen LogP contribution in [0.4, 0.5) is 16.2 Å². The summed E-state index contributed by atoms with van der Waals surface area (Å²) in [5, 5.41) is 12.8. The summed E-state index contributed by atoms with van der Waals surface area (Å²) in [5.41, 5.74) is 2.07. The fraction of sp³-hybridized carbons (Fsp3) is 0.158. The number of nitrogens with one attached hydrogen (secondary N) is 3. The van der Waals surface area contributed by atoms with Gasteiger partial charge in [0.2, 0.25) is 26.0 Å². The number of aromatic nitrogens is 2. The molecule has 0 fully saturated rings. The Morgan fingerprint density at radius 3 is 2.47 bits per heavy atom. The molecule has 0 radical (unpaired) electrons. The lowest BCUT2D eigenvalue weighted by Crippen LogP contribution is -2.16. The lowest BCUT2D eigenvalue weighted by atomic mass is 10.1. The number of rotatable bonds is 7. The molecule has 1 aromatic rings. The van der Waals surface area contributed by atoms with Gasteiger partial charge in [0, 0.05) is 22.2 Å². The van der Waals surface area contributed by atoms with Gasteiger partial charge in [0.05, 0.1) is 6.20 Å². The van der Waals surface area contributed by atoms with Crippen molar-refractivity contribution in [2.24, 2.45) is 5.14 Å². The number of hydrogen-bond donors (Lipinski definition) is 4. The maximum absolute atomic E-state index is 14.2. The Morgan fingerprint density at radius 2 is 1.81 bits per heavy atom. The lowest BCUT2D eigenvalue weighted by molar-refractivity contribution is 0.596. The molecule has 0 saturated heterocycles. The van der Waals surface area contributed by atoms with Crippen LogP contribution >= 0.6 is 0 Å². The molecular weight excluding hydrogens is 459 g/mol. The van der Waals surface area contributed by atoms with Crippen molar-refractivity contribution >= 4 is 31.8 Å². The molecule has 0 atom stereocenters. The number of nitrogens with zero attached hydrogens (tertiary/aromatic N) is 2. The van der Waals surface area contributed by atoms with E-state index < -0.39 is 25.9 Å². The van der Waals surface area contributed by atoms with Gasteiger partial charge in [-0.05, 0) is 49.3 Å². The molecular formula is C19H21FN6O4S2. The van der Waals surface area contributed by atoms with Crippen molar-refractivity contribution in [2.75, 3.05) is 17.7 Å². The fourth-order valence-corrected chi connectivity index (χ4v) is 4.06. The lowest BCUT2D eigenvalue weighted by Gasteiger charge is -2.14. The highest BCUT2D eigenvalue weighted by Gasteiger charge is 2.12. The minimum absolute atomic E-state index is 0.0859. The van der Waals surface area contributed by atoms with E-state index in [1.165, 1.54) is 7.05 Å². The maximum Gasteiger partial charge on any atom is 0.233 e. The molecule has 0 bridgehead atoms. The highest BCUT2D eigenvalue weighted by molar-refractivity contribution is 7.92. The first-order chi connectivity index (χ1) is 15.0. The normalized spacial score (nSPS) is 19.1. The van der Waals surface area contributed by atoms with E-state index >= 15 is 0 Å². The molecule has 1 heterocycles. The Balaban J connectivity index is 1.74. The van der Waals surface area contributed by atoms with E-state index in [2.05, 4.69) is 25.3 Å². The largest absolute Gasteiger partial charge is 0.338 e. The van der Waals surface area contributed by atoms with Crippen molar-refractivity contribution in [3.63, 3.8) is 0 Å². The Labute approximate surface area is 185 Å². The van der Waals surface area contributed by atoms with Crippen LogP contribution in [0.15, 0.2) is 76.0 Å². The van der Waals surface area contributed by atoms with E-state index in [1.54, 1.807) is 36.5 Å². The highest BCUT2D eigenvalue weighted by Crippen LogP contribution is 2.22. The summed E-state index contributed by atoms with van der Waals surface area (Å²) in [7, 11) is -5.95. The van der Waals surface area contributed by atoms with Gasteiger partial charge < -0.3 is 10.6 Å². The average Bonchev–Trinajstić information content (AvgIpc) is 2.71. The van der Waals surface area contributed by atoms with Gasteiger partial charge in [-0.3, -0.25) is 0 Å². The Kier molecular flexibility index (Phi) is 7.03. The zero-order valence-electron chi connectivity index (χ0n) is 16.9. The summed E-state index contributed by atoms with van der Waals surface area (Å²) in [5.74, 6) is -0.691. The standard InChI is InChI=1S/C19H21FN6O4S2/c1-22-32(29,30)12-13-5-7-15(8-6-13)24-18-17(20)10-23-19(26-18)25-16-4-2-3-14(9-16)11-31(21,27)28/h2,4-5,7-12,22H,3,6H2,1H3,(H2,21,27,28)(H2,23,24,25,26). The minimum Gasteiger partial charge on any atom is -0.338 e. The molecule has 0 saturated carbocycles. The van der Waals surface area contributed by atoms with Gasteiger partial charge in [0.15, 0.2) is 11.6 Å². The van der Waals surface area contributed by atoms with Gasteiger partial charge in [-0.1, -0.05) is 18.2 Å². The zero-order valence-corrected chi connectivity index (χ0v) is 18.5. The van der Waals surface area contributed by atoms with Gasteiger partial charge in [-0.25, -0.2) is 36.1 Å². The van der Waals surface area contributed by atoms with Gasteiger partial charge in [0.25, 0.3) is 0 Å². The van der Waals surface area contributed by atoms with E-state index in [4.69, 9.17) is 5.14 Å². The SMILES string of the molecule is CNS(=O)(=O)C=C1C=CC(Nc2nc(NC3=CC(=CS(N)(=O)=O)CC=C3)ncc2F)=CC1.